The number of methoxy groups -OCH3 is 2. The van der Waals surface area contributed by atoms with Crippen molar-refractivity contribution in [3.05, 3.63) is 36.0 Å². The number of carbonyl (C=O) groups excluding carboxylic acids is 2. The average molecular weight is 262 g/mol. The van der Waals surface area contributed by atoms with Crippen molar-refractivity contribution in [2.45, 2.75) is 0 Å². The molecule has 2 aromatic heterocycles. The molecule has 0 fully saturated rings. The molecule has 0 radical (unpaired) electrons. The zero-order valence-electron chi connectivity index (χ0n) is 10.2. The van der Waals surface area contributed by atoms with E-state index in [0.29, 0.717) is 11.4 Å². The average Bonchev–Trinajstić information content (AvgIpc) is 2.95. The molecular formula is C11H10N4O4. The third-order valence-corrected chi connectivity index (χ3v) is 2.26. The summed E-state index contributed by atoms with van der Waals surface area (Å²) in [6, 6.07) is 2.98. The first-order valence-electron chi connectivity index (χ1n) is 5.20. The number of hydrogen-bond acceptors (Lipinski definition) is 7. The minimum atomic E-state index is -0.650. The van der Waals surface area contributed by atoms with Gasteiger partial charge in [0.05, 0.1) is 19.8 Å². The van der Waals surface area contributed by atoms with Gasteiger partial charge >= 0.3 is 11.9 Å². The van der Waals surface area contributed by atoms with Gasteiger partial charge in [0.25, 0.3) is 5.82 Å². The maximum atomic E-state index is 11.4. The number of esters is 2. The number of pyridine rings is 1. The lowest BCUT2D eigenvalue weighted by molar-refractivity contribution is 0.0582. The molecule has 98 valence electrons. The summed E-state index contributed by atoms with van der Waals surface area (Å²) in [5.74, 6) is -0.891. The molecule has 0 spiro atoms. The van der Waals surface area contributed by atoms with Crippen LogP contribution in [0.1, 0.15) is 21.0 Å². The van der Waals surface area contributed by atoms with Crippen molar-refractivity contribution in [3.8, 4) is 5.82 Å². The van der Waals surface area contributed by atoms with Gasteiger partial charge in [-0.1, -0.05) is 0 Å². The Morgan fingerprint density at radius 1 is 1.16 bits per heavy atom. The highest BCUT2D eigenvalue weighted by Crippen LogP contribution is 2.07. The Hall–Kier alpha value is -2.77. The molecule has 0 aliphatic rings. The number of rotatable bonds is 3. The van der Waals surface area contributed by atoms with Crippen LogP contribution in [0.4, 0.5) is 0 Å². The zero-order chi connectivity index (χ0) is 13.8. The molecule has 0 aliphatic heterocycles. The molecule has 0 bridgehead atoms. The molecule has 2 rings (SSSR count). The van der Waals surface area contributed by atoms with Crippen LogP contribution in [0.3, 0.4) is 0 Å². The topological polar surface area (TPSA) is 96.2 Å². The van der Waals surface area contributed by atoms with Gasteiger partial charge in [-0.3, -0.25) is 0 Å². The molecular weight excluding hydrogens is 252 g/mol. The summed E-state index contributed by atoms with van der Waals surface area (Å²) in [4.78, 5) is 30.4. The lowest BCUT2D eigenvalue weighted by Gasteiger charge is -2.02. The minimum absolute atomic E-state index is 0.0900. The van der Waals surface area contributed by atoms with E-state index in [1.54, 1.807) is 0 Å². The van der Waals surface area contributed by atoms with Gasteiger partial charge in [-0.2, -0.15) is 0 Å². The molecule has 8 nitrogen and oxygen atoms in total. The summed E-state index contributed by atoms with van der Waals surface area (Å²) in [6.45, 7) is 0. The monoisotopic (exact) mass is 262 g/mol. The summed E-state index contributed by atoms with van der Waals surface area (Å²) in [5.41, 5.74) is 0.322. The van der Waals surface area contributed by atoms with Gasteiger partial charge in [-0.05, 0) is 12.1 Å². The predicted octanol–water partition coefficient (Wildman–Crippen LogP) is 0.235. The Morgan fingerprint density at radius 3 is 2.58 bits per heavy atom. The van der Waals surface area contributed by atoms with Gasteiger partial charge in [0, 0.05) is 6.20 Å². The first-order valence-corrected chi connectivity index (χ1v) is 5.20. The Morgan fingerprint density at radius 2 is 1.89 bits per heavy atom. The van der Waals surface area contributed by atoms with E-state index in [1.165, 1.54) is 43.6 Å². The van der Waals surface area contributed by atoms with E-state index in [2.05, 4.69) is 24.5 Å². The van der Waals surface area contributed by atoms with Crippen LogP contribution in [0.5, 0.6) is 0 Å². The zero-order valence-corrected chi connectivity index (χ0v) is 10.2. The van der Waals surface area contributed by atoms with E-state index >= 15 is 0 Å². The summed E-state index contributed by atoms with van der Waals surface area (Å²) >= 11 is 0. The van der Waals surface area contributed by atoms with Crippen LogP contribution in [0.15, 0.2) is 24.7 Å². The highest BCUT2D eigenvalue weighted by Gasteiger charge is 2.13. The Bertz CT molecular complexity index is 623. The highest BCUT2D eigenvalue weighted by molar-refractivity contribution is 5.89. The van der Waals surface area contributed by atoms with Crippen LogP contribution in [0.2, 0.25) is 0 Å². The number of carbonyl (C=O) groups is 2. The van der Waals surface area contributed by atoms with E-state index < -0.39 is 11.9 Å². The molecule has 0 atom stereocenters. The Kier molecular flexibility index (Phi) is 3.51. The lowest BCUT2D eigenvalue weighted by Crippen LogP contribution is -2.07. The van der Waals surface area contributed by atoms with Gasteiger partial charge < -0.3 is 9.47 Å². The number of ether oxygens (including phenoxy) is 2. The van der Waals surface area contributed by atoms with E-state index in [0.717, 1.165) is 0 Å². The van der Waals surface area contributed by atoms with Crippen molar-refractivity contribution in [2.24, 2.45) is 0 Å². The molecule has 0 saturated carbocycles. The standard InChI is InChI=1S/C11H10N4O4/c1-18-10(16)7-3-4-12-8(5-7)15-6-13-9(14-15)11(17)19-2/h3-6H,1-2H3. The van der Waals surface area contributed by atoms with Gasteiger partial charge in [-0.15, -0.1) is 5.10 Å². The molecule has 0 unspecified atom stereocenters. The highest BCUT2D eigenvalue weighted by atomic mass is 16.5. The van der Waals surface area contributed by atoms with Crippen LogP contribution in [0.25, 0.3) is 5.82 Å². The summed E-state index contributed by atoms with van der Waals surface area (Å²) < 4.78 is 10.4. The predicted molar refractivity (Wildman–Crippen MR) is 61.8 cm³/mol. The number of nitrogens with zero attached hydrogens (tertiary/aromatic N) is 4. The maximum absolute atomic E-state index is 11.4. The Labute approximate surface area is 108 Å². The van der Waals surface area contributed by atoms with Crippen molar-refractivity contribution >= 4 is 11.9 Å². The molecule has 2 heterocycles. The summed E-state index contributed by atoms with van der Waals surface area (Å²) in [6.07, 6.45) is 2.73. The van der Waals surface area contributed by atoms with Crippen molar-refractivity contribution in [3.63, 3.8) is 0 Å². The quantitative estimate of drug-likeness (QED) is 0.730. The molecule has 2 aromatic rings. The lowest BCUT2D eigenvalue weighted by atomic mass is 10.2. The molecule has 19 heavy (non-hydrogen) atoms. The van der Waals surface area contributed by atoms with Crippen LogP contribution in [-0.4, -0.2) is 45.9 Å². The number of hydrogen-bond donors (Lipinski definition) is 0. The van der Waals surface area contributed by atoms with E-state index in [9.17, 15) is 9.59 Å². The molecule has 0 aromatic carbocycles. The van der Waals surface area contributed by atoms with Gasteiger partial charge in [-0.25, -0.2) is 24.2 Å². The fraction of sp³-hybridized carbons (Fsp3) is 0.182. The van der Waals surface area contributed by atoms with E-state index in [4.69, 9.17) is 0 Å². The van der Waals surface area contributed by atoms with Crippen molar-refractivity contribution in [1.29, 1.82) is 0 Å². The summed E-state index contributed by atoms with van der Waals surface area (Å²) in [5, 5.41) is 3.89. The normalized spacial score (nSPS) is 10.0. The van der Waals surface area contributed by atoms with Gasteiger partial charge in [0.1, 0.15) is 6.33 Å². The number of aromatic nitrogens is 4. The van der Waals surface area contributed by atoms with E-state index in [1.807, 2.05) is 0 Å². The van der Waals surface area contributed by atoms with Crippen LogP contribution < -0.4 is 0 Å². The fourth-order valence-electron chi connectivity index (χ4n) is 1.35. The van der Waals surface area contributed by atoms with E-state index in [-0.39, 0.29) is 5.82 Å². The van der Waals surface area contributed by atoms with Crippen molar-refractivity contribution in [2.75, 3.05) is 14.2 Å². The smallest absolute Gasteiger partial charge is 0.377 e. The van der Waals surface area contributed by atoms with Crippen LogP contribution in [-0.2, 0) is 9.47 Å². The van der Waals surface area contributed by atoms with Gasteiger partial charge in [0.15, 0.2) is 5.82 Å². The molecule has 0 saturated heterocycles. The first kappa shape index (κ1) is 12.7. The third kappa shape index (κ3) is 2.57. The summed E-state index contributed by atoms with van der Waals surface area (Å²) in [7, 11) is 2.52. The SMILES string of the molecule is COC(=O)c1ccnc(-n2cnc(C(=O)OC)n2)c1. The minimum Gasteiger partial charge on any atom is -0.465 e. The molecule has 0 amide bonds. The third-order valence-electron chi connectivity index (χ3n) is 2.26. The van der Waals surface area contributed by atoms with Crippen molar-refractivity contribution in [1.82, 2.24) is 19.7 Å². The van der Waals surface area contributed by atoms with Gasteiger partial charge in [0.2, 0.25) is 0 Å². The van der Waals surface area contributed by atoms with Crippen molar-refractivity contribution < 1.29 is 19.1 Å². The fourth-order valence-corrected chi connectivity index (χ4v) is 1.35. The second-order valence-corrected chi connectivity index (χ2v) is 3.40. The second-order valence-electron chi connectivity index (χ2n) is 3.40. The molecule has 0 aliphatic carbocycles. The van der Waals surface area contributed by atoms with Crippen LogP contribution >= 0.6 is 0 Å². The maximum Gasteiger partial charge on any atom is 0.377 e. The second kappa shape index (κ2) is 5.25. The molecule has 8 heteroatoms. The Balaban J connectivity index is 2.34. The largest absolute Gasteiger partial charge is 0.465 e. The van der Waals surface area contributed by atoms with Crippen LogP contribution in [0, 0.1) is 0 Å². The molecule has 0 N–H and O–H groups in total. The first-order chi connectivity index (χ1) is 9.15.